The Bertz CT molecular complexity index is 410. The van der Waals surface area contributed by atoms with Crippen molar-refractivity contribution < 1.29 is 4.74 Å². The summed E-state index contributed by atoms with van der Waals surface area (Å²) in [5.74, 6) is 0.846. The number of aromatic nitrogens is 2. The molecule has 4 heteroatoms. The molecule has 0 atom stereocenters. The molecule has 0 fully saturated rings. The molecule has 0 radical (unpaired) electrons. The van der Waals surface area contributed by atoms with Gasteiger partial charge in [-0.1, -0.05) is 0 Å². The van der Waals surface area contributed by atoms with Crippen molar-refractivity contribution in [3.63, 3.8) is 0 Å². The van der Waals surface area contributed by atoms with Crippen LogP contribution in [0.25, 0.3) is 11.0 Å². The van der Waals surface area contributed by atoms with E-state index in [2.05, 4.69) is 21.1 Å². The van der Waals surface area contributed by atoms with E-state index >= 15 is 0 Å². The molecule has 0 N–H and O–H groups in total. The number of fused-ring (bicyclic) bond motifs is 1. The third-order valence-corrected chi connectivity index (χ3v) is 2.30. The zero-order valence-corrected chi connectivity index (χ0v) is 8.08. The van der Waals surface area contributed by atoms with Crippen molar-refractivity contribution in [1.29, 1.82) is 0 Å². The van der Waals surface area contributed by atoms with Crippen molar-refractivity contribution in [2.75, 3.05) is 7.11 Å². The SMILES string of the molecule is COc1ccnc2c1ccn2Br. The quantitative estimate of drug-likeness (QED) is 0.746. The summed E-state index contributed by atoms with van der Waals surface area (Å²) >= 11 is 3.33. The molecule has 2 heterocycles. The fraction of sp³-hybridized carbons (Fsp3) is 0.125. The molecule has 2 aromatic heterocycles. The van der Waals surface area contributed by atoms with Crippen molar-refractivity contribution in [1.82, 2.24) is 8.58 Å². The molecule has 62 valence electrons. The highest BCUT2D eigenvalue weighted by Gasteiger charge is 2.04. The second kappa shape index (κ2) is 2.79. The van der Waals surface area contributed by atoms with Crippen LogP contribution in [-0.2, 0) is 0 Å². The molecule has 0 aliphatic carbocycles. The lowest BCUT2D eigenvalue weighted by Crippen LogP contribution is -1.86. The predicted molar refractivity (Wildman–Crippen MR) is 50.6 cm³/mol. The Hall–Kier alpha value is -1.03. The molecule has 0 bridgehead atoms. The molecule has 12 heavy (non-hydrogen) atoms. The van der Waals surface area contributed by atoms with Gasteiger partial charge in [-0.25, -0.2) is 4.98 Å². The summed E-state index contributed by atoms with van der Waals surface area (Å²) in [5.41, 5.74) is 0.870. The van der Waals surface area contributed by atoms with Crippen molar-refractivity contribution in [3.8, 4) is 5.75 Å². The molecule has 0 unspecified atom stereocenters. The number of methoxy groups -OCH3 is 1. The summed E-state index contributed by atoms with van der Waals surface area (Å²) in [5, 5.41) is 1.01. The van der Waals surface area contributed by atoms with Crippen LogP contribution in [0.15, 0.2) is 24.5 Å². The minimum absolute atomic E-state index is 0.846. The summed E-state index contributed by atoms with van der Waals surface area (Å²) < 4.78 is 6.95. The van der Waals surface area contributed by atoms with Gasteiger partial charge in [0.1, 0.15) is 5.75 Å². The highest BCUT2D eigenvalue weighted by molar-refractivity contribution is 9.08. The summed E-state index contributed by atoms with van der Waals surface area (Å²) in [7, 11) is 1.65. The normalized spacial score (nSPS) is 10.5. The first-order chi connectivity index (χ1) is 5.83. The van der Waals surface area contributed by atoms with Crippen LogP contribution < -0.4 is 4.74 Å². The van der Waals surface area contributed by atoms with Crippen molar-refractivity contribution in [3.05, 3.63) is 24.5 Å². The lowest BCUT2D eigenvalue weighted by molar-refractivity contribution is 0.419. The molecule has 0 spiro atoms. The van der Waals surface area contributed by atoms with Gasteiger partial charge < -0.3 is 4.74 Å². The number of hydrogen-bond acceptors (Lipinski definition) is 2. The van der Waals surface area contributed by atoms with E-state index in [1.54, 1.807) is 16.9 Å². The molecule has 0 aliphatic heterocycles. The molecular formula is C8H7BrN2O. The Morgan fingerprint density at radius 3 is 3.08 bits per heavy atom. The van der Waals surface area contributed by atoms with E-state index in [9.17, 15) is 0 Å². The lowest BCUT2D eigenvalue weighted by atomic mass is 10.3. The van der Waals surface area contributed by atoms with Crippen LogP contribution in [0, 0.1) is 0 Å². The summed E-state index contributed by atoms with van der Waals surface area (Å²) in [4.78, 5) is 4.19. The topological polar surface area (TPSA) is 27.1 Å². The van der Waals surface area contributed by atoms with Gasteiger partial charge in [0.05, 0.1) is 28.6 Å². The minimum atomic E-state index is 0.846. The molecule has 0 saturated heterocycles. The van der Waals surface area contributed by atoms with Gasteiger partial charge in [-0.2, -0.15) is 0 Å². The molecule has 3 nitrogen and oxygen atoms in total. The van der Waals surface area contributed by atoms with E-state index in [4.69, 9.17) is 4.74 Å². The summed E-state index contributed by atoms with van der Waals surface area (Å²) in [6, 6.07) is 3.80. The Morgan fingerprint density at radius 2 is 2.33 bits per heavy atom. The highest BCUT2D eigenvalue weighted by atomic mass is 79.9. The Balaban J connectivity index is 2.81. The molecule has 0 saturated carbocycles. The van der Waals surface area contributed by atoms with Crippen molar-refractivity contribution in [2.45, 2.75) is 0 Å². The van der Waals surface area contributed by atoms with E-state index < -0.39 is 0 Å². The van der Waals surface area contributed by atoms with Crippen LogP contribution in [-0.4, -0.2) is 15.7 Å². The second-order valence-corrected chi connectivity index (χ2v) is 3.14. The number of ether oxygens (including phenoxy) is 1. The second-order valence-electron chi connectivity index (χ2n) is 2.38. The Kier molecular flexibility index (Phi) is 1.77. The van der Waals surface area contributed by atoms with Crippen LogP contribution in [0.1, 0.15) is 0 Å². The molecule has 0 aromatic carbocycles. The third-order valence-electron chi connectivity index (χ3n) is 1.72. The molecule has 0 aliphatic rings. The van der Waals surface area contributed by atoms with E-state index in [0.717, 1.165) is 16.8 Å². The van der Waals surface area contributed by atoms with E-state index in [1.807, 2.05) is 18.3 Å². The van der Waals surface area contributed by atoms with Crippen molar-refractivity contribution in [2.24, 2.45) is 0 Å². The molecular weight excluding hydrogens is 220 g/mol. The number of nitrogens with zero attached hydrogens (tertiary/aromatic N) is 2. The zero-order valence-electron chi connectivity index (χ0n) is 6.49. The van der Waals surface area contributed by atoms with Gasteiger partial charge in [0.25, 0.3) is 0 Å². The molecule has 2 rings (SSSR count). The van der Waals surface area contributed by atoms with Gasteiger partial charge in [-0.15, -0.1) is 0 Å². The third kappa shape index (κ3) is 0.992. The highest BCUT2D eigenvalue weighted by Crippen LogP contribution is 2.24. The molecule has 0 amide bonds. The standard InChI is InChI=1S/C8H7BrN2O/c1-12-7-2-4-10-8-6(7)3-5-11(8)9/h2-5H,1H3. The first kappa shape index (κ1) is 7.61. The number of hydrogen-bond donors (Lipinski definition) is 0. The van der Waals surface area contributed by atoms with E-state index in [0.29, 0.717) is 0 Å². The lowest BCUT2D eigenvalue weighted by Gasteiger charge is -1.99. The van der Waals surface area contributed by atoms with Crippen LogP contribution >= 0.6 is 16.1 Å². The fourth-order valence-corrected chi connectivity index (χ4v) is 1.56. The summed E-state index contributed by atoms with van der Waals surface area (Å²) in [6.45, 7) is 0. The first-order valence-corrected chi connectivity index (χ1v) is 4.20. The van der Waals surface area contributed by atoms with Crippen LogP contribution in [0.3, 0.4) is 0 Å². The van der Waals surface area contributed by atoms with Crippen LogP contribution in [0.2, 0.25) is 0 Å². The zero-order chi connectivity index (χ0) is 8.55. The minimum Gasteiger partial charge on any atom is -0.496 e. The largest absolute Gasteiger partial charge is 0.496 e. The first-order valence-electron chi connectivity index (χ1n) is 3.49. The maximum atomic E-state index is 5.17. The molecule has 2 aromatic rings. The van der Waals surface area contributed by atoms with Gasteiger partial charge in [0.15, 0.2) is 5.65 Å². The van der Waals surface area contributed by atoms with E-state index in [1.165, 1.54) is 0 Å². The average molecular weight is 227 g/mol. The van der Waals surface area contributed by atoms with Gasteiger partial charge in [0.2, 0.25) is 0 Å². The predicted octanol–water partition coefficient (Wildman–Crippen LogP) is 2.20. The van der Waals surface area contributed by atoms with Gasteiger partial charge in [-0.05, 0) is 12.1 Å². The van der Waals surface area contributed by atoms with Gasteiger partial charge in [-0.3, -0.25) is 3.59 Å². The number of rotatable bonds is 1. The van der Waals surface area contributed by atoms with E-state index in [-0.39, 0.29) is 0 Å². The van der Waals surface area contributed by atoms with Gasteiger partial charge >= 0.3 is 0 Å². The van der Waals surface area contributed by atoms with Crippen molar-refractivity contribution >= 4 is 27.2 Å². The Morgan fingerprint density at radius 1 is 1.50 bits per heavy atom. The summed E-state index contributed by atoms with van der Waals surface area (Å²) in [6.07, 6.45) is 3.61. The van der Waals surface area contributed by atoms with Crippen LogP contribution in [0.4, 0.5) is 0 Å². The smallest absolute Gasteiger partial charge is 0.153 e. The maximum Gasteiger partial charge on any atom is 0.153 e. The fourth-order valence-electron chi connectivity index (χ4n) is 1.16. The van der Waals surface area contributed by atoms with Crippen LogP contribution in [0.5, 0.6) is 5.75 Å². The average Bonchev–Trinajstić information content (AvgIpc) is 2.48. The number of halogens is 1. The number of pyridine rings is 1. The monoisotopic (exact) mass is 226 g/mol. The Labute approximate surface area is 78.3 Å². The maximum absolute atomic E-state index is 5.17. The van der Waals surface area contributed by atoms with Gasteiger partial charge in [0, 0.05) is 12.4 Å².